The SMILES string of the molecule is CC.C[As]=O.NC(CCC(=O)NC(CSCC(=O)Nc1ccccc1)C(=O)NCC(=O)[O-])C(=O)[O-]. The fraction of sp³-hybridized carbons (Fsp3) is 0.476. The van der Waals surface area contributed by atoms with Crippen molar-refractivity contribution in [2.45, 2.75) is 44.5 Å². The van der Waals surface area contributed by atoms with Gasteiger partial charge >= 0.3 is 25.1 Å². The zero-order chi connectivity index (χ0) is 27.2. The second-order valence-electron chi connectivity index (χ2n) is 6.29. The van der Waals surface area contributed by atoms with E-state index in [1.807, 2.05) is 13.8 Å². The van der Waals surface area contributed by atoms with Gasteiger partial charge in [-0.05, 0) is 18.6 Å². The molecule has 0 aromatic heterocycles. The van der Waals surface area contributed by atoms with E-state index in [4.69, 9.17) is 9.47 Å². The third-order valence-corrected chi connectivity index (χ3v) is 4.65. The first-order valence-electron chi connectivity index (χ1n) is 10.5. The number of rotatable bonds is 13. The molecule has 0 heterocycles. The summed E-state index contributed by atoms with van der Waals surface area (Å²) in [5.41, 5.74) is 7.54. The van der Waals surface area contributed by atoms with E-state index in [1.54, 1.807) is 36.0 Å². The van der Waals surface area contributed by atoms with Crippen LogP contribution in [0.1, 0.15) is 26.7 Å². The number of carbonyl (C=O) groups excluding carboxylic acids is 5. The van der Waals surface area contributed by atoms with E-state index < -0.39 is 58.1 Å². The summed E-state index contributed by atoms with van der Waals surface area (Å²) in [4.78, 5) is 57.2. The fourth-order valence-corrected chi connectivity index (χ4v) is 2.97. The van der Waals surface area contributed by atoms with E-state index in [0.29, 0.717) is 5.69 Å². The van der Waals surface area contributed by atoms with E-state index >= 15 is 0 Å². The summed E-state index contributed by atoms with van der Waals surface area (Å²) in [5, 5.41) is 28.2. The predicted molar refractivity (Wildman–Crippen MR) is 128 cm³/mol. The molecule has 1 rings (SSSR count). The van der Waals surface area contributed by atoms with Crippen molar-refractivity contribution in [3.8, 4) is 0 Å². The molecule has 2 unspecified atom stereocenters. The number of para-hydroxylation sites is 1. The van der Waals surface area contributed by atoms with Crippen molar-refractivity contribution in [2.24, 2.45) is 5.73 Å². The molecule has 1 aromatic carbocycles. The maximum Gasteiger partial charge on any atom is 0.243 e. The summed E-state index contributed by atoms with van der Waals surface area (Å²) in [6.45, 7) is 3.25. The fourth-order valence-electron chi connectivity index (χ4n) is 2.12. The Labute approximate surface area is 215 Å². The Morgan fingerprint density at radius 1 is 1.06 bits per heavy atom. The van der Waals surface area contributed by atoms with Crippen LogP contribution in [-0.2, 0) is 27.7 Å². The smallest absolute Gasteiger partial charge is 0.243 e. The van der Waals surface area contributed by atoms with Gasteiger partial charge in [0.1, 0.15) is 6.04 Å². The van der Waals surface area contributed by atoms with Gasteiger partial charge in [-0.2, -0.15) is 0 Å². The van der Waals surface area contributed by atoms with Crippen molar-refractivity contribution in [1.82, 2.24) is 10.6 Å². The molecule has 0 saturated carbocycles. The molecule has 12 nitrogen and oxygen atoms in total. The van der Waals surface area contributed by atoms with Gasteiger partial charge in [0.25, 0.3) is 0 Å². The predicted octanol–water partition coefficient (Wildman–Crippen LogP) is -2.32. The van der Waals surface area contributed by atoms with Gasteiger partial charge in [0.15, 0.2) is 0 Å². The van der Waals surface area contributed by atoms with Gasteiger partial charge in [-0.15, -0.1) is 11.8 Å². The second-order valence-corrected chi connectivity index (χ2v) is 8.08. The third kappa shape index (κ3) is 19.3. The molecule has 0 aliphatic heterocycles. The van der Waals surface area contributed by atoms with Crippen LogP contribution < -0.4 is 31.9 Å². The quantitative estimate of drug-likeness (QED) is 0.185. The monoisotopic (exact) mass is 574 g/mol. The normalized spacial score (nSPS) is 11.3. The zero-order valence-electron chi connectivity index (χ0n) is 19.8. The Bertz CT molecular complexity index is 814. The number of benzene rings is 1. The minimum absolute atomic E-state index is 0.0232. The van der Waals surface area contributed by atoms with Crippen LogP contribution in [-0.4, -0.2) is 75.5 Å². The molecule has 5 N–H and O–H groups in total. The number of amides is 3. The van der Waals surface area contributed by atoms with Crippen molar-refractivity contribution in [1.29, 1.82) is 0 Å². The molecule has 0 radical (unpaired) electrons. The molecule has 0 bridgehead atoms. The number of hydrogen-bond acceptors (Lipinski definition) is 10. The van der Waals surface area contributed by atoms with Gasteiger partial charge in [0.05, 0.1) is 24.2 Å². The van der Waals surface area contributed by atoms with Crippen LogP contribution in [0.4, 0.5) is 5.69 Å². The molecule has 0 saturated heterocycles. The Hall–Kier alpha value is -2.76. The summed E-state index contributed by atoms with van der Waals surface area (Å²) in [7, 11) is 0. The van der Waals surface area contributed by atoms with Gasteiger partial charge in [0.2, 0.25) is 17.7 Å². The maximum atomic E-state index is 12.1. The number of aliphatic carboxylic acids is 2. The molecule has 0 fully saturated rings. The van der Waals surface area contributed by atoms with Crippen molar-refractivity contribution in [3.05, 3.63) is 30.3 Å². The van der Waals surface area contributed by atoms with E-state index in [9.17, 15) is 34.2 Å². The Kier molecular flexibility index (Phi) is 21.4. The minimum atomic E-state index is -1.51. The number of nitrogens with two attached hydrogens (primary N) is 1. The molecule has 35 heavy (non-hydrogen) atoms. The first kappa shape index (κ1) is 34.4. The van der Waals surface area contributed by atoms with Gasteiger partial charge in [-0.1, -0.05) is 32.0 Å². The van der Waals surface area contributed by atoms with E-state index in [-0.39, 0.29) is 30.3 Å². The largest absolute Gasteiger partial charge is 0.548 e. The molecular weight excluding hydrogens is 543 g/mol. The average Bonchev–Trinajstić information content (AvgIpc) is 2.82. The molecule has 3 amide bonds. The van der Waals surface area contributed by atoms with Gasteiger partial charge in [-0.3, -0.25) is 14.4 Å². The maximum absolute atomic E-state index is 12.1. The molecule has 0 spiro atoms. The Morgan fingerprint density at radius 3 is 2.14 bits per heavy atom. The van der Waals surface area contributed by atoms with Gasteiger partial charge in [-0.25, -0.2) is 0 Å². The first-order chi connectivity index (χ1) is 16.6. The Balaban J connectivity index is 0. The summed E-state index contributed by atoms with van der Waals surface area (Å²) >= 11 is 0.481. The van der Waals surface area contributed by atoms with E-state index in [0.717, 1.165) is 11.8 Å². The standard InChI is InChI=1S/C18H24N4O7S.C2H6.CH3AsO/c19-12(18(28)29)6-7-14(23)22-13(17(27)20-8-16(25)26)9-30-10-15(24)21-11-4-2-1-3-5-11;1-2;1-2-3/h1-5,12-13H,6-10,19H2,(H,20,27)(H,21,24)(H,22,23)(H,25,26)(H,28,29);1-2H3;1H3/p-2. The molecule has 1 aromatic rings. The number of carboxylic acids is 2. The number of nitrogens with one attached hydrogen (secondary N) is 3. The van der Waals surface area contributed by atoms with Gasteiger partial charge < -0.3 is 41.5 Å². The van der Waals surface area contributed by atoms with Gasteiger partial charge in [0, 0.05) is 23.9 Å². The molecule has 0 aliphatic carbocycles. The van der Waals surface area contributed by atoms with Crippen molar-refractivity contribution < 1.29 is 37.9 Å². The molecular formula is C21H31AsN4O8S-2. The number of carbonyl (C=O) groups is 5. The second kappa shape index (κ2) is 21.8. The summed E-state index contributed by atoms with van der Waals surface area (Å²) < 4.78 is 9.02. The van der Waals surface area contributed by atoms with Crippen LogP contribution in [0.2, 0.25) is 5.71 Å². The van der Waals surface area contributed by atoms with Crippen LogP contribution in [0.25, 0.3) is 0 Å². The molecule has 196 valence electrons. The van der Waals surface area contributed by atoms with Crippen LogP contribution in [0.3, 0.4) is 0 Å². The van der Waals surface area contributed by atoms with E-state index in [2.05, 4.69) is 16.0 Å². The molecule has 0 aliphatic rings. The summed E-state index contributed by atoms with van der Waals surface area (Å²) in [6, 6.07) is 6.22. The van der Waals surface area contributed by atoms with Crippen molar-refractivity contribution in [2.75, 3.05) is 23.4 Å². The molecule has 14 heteroatoms. The van der Waals surface area contributed by atoms with Crippen molar-refractivity contribution >= 4 is 62.8 Å². The Morgan fingerprint density at radius 2 is 1.63 bits per heavy atom. The topological polar surface area (TPSA) is 211 Å². The number of hydrogen-bond donors (Lipinski definition) is 4. The summed E-state index contributed by atoms with van der Waals surface area (Å²) in [5.74, 6) is -4.84. The zero-order valence-corrected chi connectivity index (χ0v) is 22.5. The summed E-state index contributed by atoms with van der Waals surface area (Å²) in [6.07, 6.45) is -0.479. The van der Waals surface area contributed by atoms with Crippen molar-refractivity contribution in [3.63, 3.8) is 0 Å². The average molecular weight is 574 g/mol. The number of thioether (sulfide) groups is 1. The first-order valence-corrected chi connectivity index (χ1v) is 14.3. The van der Waals surface area contributed by atoms with Crippen LogP contribution >= 0.6 is 11.8 Å². The molecule has 2 atom stereocenters. The third-order valence-electron chi connectivity index (χ3n) is 3.62. The number of carboxylic acid groups (broad SMARTS) is 2. The minimum Gasteiger partial charge on any atom is -0.548 e. The number of anilines is 1. The van der Waals surface area contributed by atoms with Crippen LogP contribution in [0, 0.1) is 0 Å². The van der Waals surface area contributed by atoms with E-state index in [1.165, 1.54) is 0 Å². The van der Waals surface area contributed by atoms with Crippen LogP contribution in [0.5, 0.6) is 0 Å². The van der Waals surface area contributed by atoms with Crippen LogP contribution in [0.15, 0.2) is 30.3 Å².